The molecule has 0 aliphatic heterocycles. The number of aliphatic carboxylic acids is 1. The Morgan fingerprint density at radius 2 is 1.17 bits per heavy atom. The highest BCUT2D eigenvalue weighted by Crippen LogP contribution is 2.01. The summed E-state index contributed by atoms with van der Waals surface area (Å²) < 4.78 is 0. The number of hydrogen-bond donors (Lipinski definition) is 1. The summed E-state index contributed by atoms with van der Waals surface area (Å²) >= 11 is 0. The van der Waals surface area contributed by atoms with Crippen LogP contribution in [0, 0.1) is 47.4 Å². The Morgan fingerprint density at radius 3 is 1.65 bits per heavy atom. The van der Waals surface area contributed by atoms with Crippen LogP contribution in [-0.4, -0.2) is 11.1 Å². The van der Waals surface area contributed by atoms with Crippen LogP contribution in [-0.2, 0) is 4.79 Å². The maximum atomic E-state index is 10.3. The van der Waals surface area contributed by atoms with Gasteiger partial charge in [0, 0.05) is 19.3 Å². The predicted molar refractivity (Wildman–Crippen MR) is 95.2 cm³/mol. The summed E-state index contributed by atoms with van der Waals surface area (Å²) in [6.45, 7) is 2.16. The van der Waals surface area contributed by atoms with Crippen molar-refractivity contribution in [3.63, 3.8) is 0 Å². The average Bonchev–Trinajstić information content (AvgIpc) is 2.53. The van der Waals surface area contributed by atoms with Gasteiger partial charge in [-0.1, -0.05) is 55.3 Å². The van der Waals surface area contributed by atoms with Crippen LogP contribution in [0.15, 0.2) is 0 Å². The van der Waals surface area contributed by atoms with E-state index in [2.05, 4.69) is 54.3 Å². The maximum Gasteiger partial charge on any atom is 0.303 e. The smallest absolute Gasteiger partial charge is 0.303 e. The quantitative estimate of drug-likeness (QED) is 0.559. The third-order valence-electron chi connectivity index (χ3n) is 2.88. The molecule has 0 amide bonds. The van der Waals surface area contributed by atoms with Crippen molar-refractivity contribution in [2.24, 2.45) is 0 Å². The van der Waals surface area contributed by atoms with E-state index >= 15 is 0 Å². The number of carboxylic acids is 1. The first-order valence-corrected chi connectivity index (χ1v) is 8.32. The molecule has 0 fully saturated rings. The highest BCUT2D eigenvalue weighted by atomic mass is 16.4. The van der Waals surface area contributed by atoms with Crippen molar-refractivity contribution in [3.05, 3.63) is 0 Å². The van der Waals surface area contributed by atoms with E-state index in [1.54, 1.807) is 0 Å². The first-order valence-electron chi connectivity index (χ1n) is 8.32. The van der Waals surface area contributed by atoms with Crippen LogP contribution in [0.25, 0.3) is 0 Å². The van der Waals surface area contributed by atoms with Gasteiger partial charge in [0.2, 0.25) is 0 Å². The minimum atomic E-state index is -0.724. The minimum Gasteiger partial charge on any atom is -0.481 e. The van der Waals surface area contributed by atoms with Gasteiger partial charge in [-0.25, -0.2) is 0 Å². The molecule has 23 heavy (non-hydrogen) atoms. The molecule has 0 radical (unpaired) electrons. The van der Waals surface area contributed by atoms with Gasteiger partial charge in [-0.3, -0.25) is 4.79 Å². The molecule has 0 saturated heterocycles. The molecule has 0 bridgehead atoms. The summed E-state index contributed by atoms with van der Waals surface area (Å²) in [6.07, 6.45) is 8.78. The number of carbonyl (C=O) groups is 1. The van der Waals surface area contributed by atoms with E-state index in [1.165, 1.54) is 6.42 Å². The predicted octanol–water partition coefficient (Wildman–Crippen LogP) is 4.40. The molecule has 0 aromatic carbocycles. The Bertz CT molecular complexity index is 556. The number of unbranched alkanes of at least 4 members (excludes halogenated alkanes) is 5. The lowest BCUT2D eigenvalue weighted by atomic mass is 10.1. The van der Waals surface area contributed by atoms with E-state index < -0.39 is 5.97 Å². The van der Waals surface area contributed by atoms with Crippen LogP contribution in [0.3, 0.4) is 0 Å². The largest absolute Gasteiger partial charge is 0.481 e. The third-order valence-corrected chi connectivity index (χ3v) is 2.88. The molecular formula is C21H26O2. The van der Waals surface area contributed by atoms with Crippen molar-refractivity contribution in [1.29, 1.82) is 0 Å². The Morgan fingerprint density at radius 1 is 0.696 bits per heavy atom. The summed E-state index contributed by atoms with van der Waals surface area (Å²) in [4.78, 5) is 10.3. The maximum absolute atomic E-state index is 10.3. The minimum absolute atomic E-state index is 0.254. The fraction of sp³-hybridized carbons (Fsp3) is 0.571. The average molecular weight is 310 g/mol. The first-order chi connectivity index (χ1) is 11.3. The summed E-state index contributed by atoms with van der Waals surface area (Å²) in [6, 6.07) is 0. The summed E-state index contributed by atoms with van der Waals surface area (Å²) in [5.41, 5.74) is 0. The van der Waals surface area contributed by atoms with Crippen LogP contribution >= 0.6 is 0 Å². The molecule has 0 atom stereocenters. The molecule has 2 nitrogen and oxygen atoms in total. The fourth-order valence-electron chi connectivity index (χ4n) is 1.62. The van der Waals surface area contributed by atoms with Gasteiger partial charge in [0.05, 0.1) is 19.3 Å². The molecule has 0 aromatic rings. The topological polar surface area (TPSA) is 37.3 Å². The lowest BCUT2D eigenvalue weighted by Gasteiger charge is -1.93. The number of rotatable bonds is 7. The molecular weight excluding hydrogens is 284 g/mol. The van der Waals surface area contributed by atoms with Gasteiger partial charge in [0.15, 0.2) is 0 Å². The molecule has 0 aliphatic rings. The molecule has 0 saturated carbocycles. The highest BCUT2D eigenvalue weighted by molar-refractivity contribution is 5.66. The van der Waals surface area contributed by atoms with Gasteiger partial charge in [-0.2, -0.15) is 0 Å². The van der Waals surface area contributed by atoms with Gasteiger partial charge >= 0.3 is 5.97 Å². The van der Waals surface area contributed by atoms with Crippen molar-refractivity contribution in [2.45, 2.75) is 77.6 Å². The zero-order valence-corrected chi connectivity index (χ0v) is 14.1. The van der Waals surface area contributed by atoms with Crippen LogP contribution in [0.1, 0.15) is 77.6 Å². The second-order valence-corrected chi connectivity index (χ2v) is 5.00. The van der Waals surface area contributed by atoms with Crippen LogP contribution in [0.5, 0.6) is 0 Å². The van der Waals surface area contributed by atoms with Crippen LogP contribution in [0.4, 0.5) is 0 Å². The Hall–Kier alpha value is -2.29. The van der Waals surface area contributed by atoms with Crippen molar-refractivity contribution < 1.29 is 9.90 Å². The van der Waals surface area contributed by atoms with Gasteiger partial charge in [0.1, 0.15) is 0 Å². The summed E-state index contributed by atoms with van der Waals surface area (Å²) in [5.74, 6) is 23.4. The van der Waals surface area contributed by atoms with Gasteiger partial charge in [-0.15, -0.1) is 11.8 Å². The highest BCUT2D eigenvalue weighted by Gasteiger charge is 1.94. The molecule has 0 aliphatic carbocycles. The Kier molecular flexibility index (Phi) is 16.0. The lowest BCUT2D eigenvalue weighted by Crippen LogP contribution is -1.93. The SMILES string of the molecule is CCCCC#CCC#CCC#CCC#CCCCCCC(=O)O. The molecule has 122 valence electrons. The van der Waals surface area contributed by atoms with Crippen molar-refractivity contribution in [1.82, 2.24) is 0 Å². The zero-order chi connectivity index (χ0) is 17.0. The first kappa shape index (κ1) is 20.7. The molecule has 0 unspecified atom stereocenters. The van der Waals surface area contributed by atoms with E-state index in [4.69, 9.17) is 5.11 Å². The van der Waals surface area contributed by atoms with Crippen molar-refractivity contribution in [3.8, 4) is 47.4 Å². The molecule has 1 N–H and O–H groups in total. The van der Waals surface area contributed by atoms with Crippen LogP contribution < -0.4 is 0 Å². The van der Waals surface area contributed by atoms with Crippen molar-refractivity contribution >= 4 is 5.97 Å². The Labute approximate surface area is 141 Å². The molecule has 0 heterocycles. The fourth-order valence-corrected chi connectivity index (χ4v) is 1.62. The standard InChI is InChI=1S/C21H26O2/c1-2-3-4-5-6-7-8-9-10-11-12-13-14-15-16-17-18-19-20-21(22)23/h2-4,7,10,13,16-20H2,1H3,(H,22,23). The molecule has 2 heteroatoms. The monoisotopic (exact) mass is 310 g/mol. The molecule has 0 rings (SSSR count). The van der Waals surface area contributed by atoms with Crippen LogP contribution in [0.2, 0.25) is 0 Å². The second kappa shape index (κ2) is 17.8. The van der Waals surface area contributed by atoms with Gasteiger partial charge < -0.3 is 5.11 Å². The Balaban J connectivity index is 3.54. The lowest BCUT2D eigenvalue weighted by molar-refractivity contribution is -0.137. The van der Waals surface area contributed by atoms with Crippen molar-refractivity contribution in [2.75, 3.05) is 0 Å². The van der Waals surface area contributed by atoms with E-state index in [-0.39, 0.29) is 6.42 Å². The van der Waals surface area contributed by atoms with E-state index in [9.17, 15) is 4.79 Å². The van der Waals surface area contributed by atoms with Gasteiger partial charge in [0.25, 0.3) is 0 Å². The number of carboxylic acid groups (broad SMARTS) is 1. The van der Waals surface area contributed by atoms with E-state index in [0.29, 0.717) is 19.3 Å². The third kappa shape index (κ3) is 19.7. The van der Waals surface area contributed by atoms with Gasteiger partial charge in [-0.05, 0) is 19.3 Å². The summed E-state index contributed by atoms with van der Waals surface area (Å²) in [5, 5.41) is 8.49. The normalized spacial score (nSPS) is 8.22. The summed E-state index contributed by atoms with van der Waals surface area (Å²) in [7, 11) is 0. The molecule has 0 aromatic heterocycles. The van der Waals surface area contributed by atoms with E-state index in [0.717, 1.165) is 38.5 Å². The zero-order valence-electron chi connectivity index (χ0n) is 14.1. The van der Waals surface area contributed by atoms with E-state index in [1.807, 2.05) is 0 Å². The molecule has 0 spiro atoms. The second-order valence-electron chi connectivity index (χ2n) is 5.00. The number of hydrogen-bond acceptors (Lipinski definition) is 1.